The van der Waals surface area contributed by atoms with Gasteiger partial charge in [-0.1, -0.05) is 23.2 Å². The van der Waals surface area contributed by atoms with E-state index >= 15 is 0 Å². The molecule has 1 fully saturated rings. The zero-order valence-corrected chi connectivity index (χ0v) is 12.8. The van der Waals surface area contributed by atoms with E-state index < -0.39 is 0 Å². The number of hydrogen-bond donors (Lipinski definition) is 0. The quantitative estimate of drug-likeness (QED) is 0.792. The Morgan fingerprint density at radius 2 is 1.74 bits per heavy atom. The summed E-state index contributed by atoms with van der Waals surface area (Å²) in [6.07, 6.45) is 1.84. The molecule has 2 rings (SSSR count). The fourth-order valence-corrected chi connectivity index (χ4v) is 3.09. The van der Waals surface area contributed by atoms with Gasteiger partial charge in [0.2, 0.25) is 0 Å². The molecule has 0 amide bonds. The predicted molar refractivity (Wildman–Crippen MR) is 79.4 cm³/mol. The number of benzene rings is 1. The third-order valence-corrected chi connectivity index (χ3v) is 4.52. The van der Waals surface area contributed by atoms with Crippen molar-refractivity contribution >= 4 is 23.2 Å². The molecule has 0 aliphatic carbocycles. The number of nitrogens with zero attached hydrogens (tertiary/aromatic N) is 2. The molecule has 1 atom stereocenters. The van der Waals surface area contributed by atoms with Crippen LogP contribution in [0.5, 0.6) is 0 Å². The van der Waals surface area contributed by atoms with Crippen molar-refractivity contribution in [3.8, 4) is 6.07 Å². The van der Waals surface area contributed by atoms with Gasteiger partial charge in [-0.05, 0) is 50.5 Å². The summed E-state index contributed by atoms with van der Waals surface area (Å²) in [6.45, 7) is 6.09. The van der Waals surface area contributed by atoms with Crippen LogP contribution in [-0.4, -0.2) is 18.0 Å². The average Bonchev–Trinajstić information content (AvgIpc) is 2.38. The van der Waals surface area contributed by atoms with Gasteiger partial charge in [-0.15, -0.1) is 0 Å². The highest BCUT2D eigenvalue weighted by Crippen LogP contribution is 2.34. The molecular weight excluding hydrogens is 279 g/mol. The van der Waals surface area contributed by atoms with Crippen molar-refractivity contribution in [1.29, 1.82) is 5.26 Å². The Morgan fingerprint density at radius 1 is 1.21 bits per heavy atom. The van der Waals surface area contributed by atoms with Crippen molar-refractivity contribution in [2.75, 3.05) is 13.1 Å². The van der Waals surface area contributed by atoms with Gasteiger partial charge < -0.3 is 0 Å². The molecular formula is C15H18Cl2N2. The van der Waals surface area contributed by atoms with Crippen LogP contribution in [0.1, 0.15) is 38.3 Å². The van der Waals surface area contributed by atoms with Gasteiger partial charge in [0.25, 0.3) is 0 Å². The topological polar surface area (TPSA) is 27.0 Å². The third-order valence-electron chi connectivity index (χ3n) is 4.09. The van der Waals surface area contributed by atoms with Gasteiger partial charge in [0.1, 0.15) is 0 Å². The summed E-state index contributed by atoms with van der Waals surface area (Å²) in [5, 5.41) is 10.5. The van der Waals surface area contributed by atoms with Crippen LogP contribution in [0.3, 0.4) is 0 Å². The lowest BCUT2D eigenvalue weighted by molar-refractivity contribution is 0.119. The van der Waals surface area contributed by atoms with Crippen molar-refractivity contribution in [3.63, 3.8) is 0 Å². The Bertz CT molecular complexity index is 479. The highest BCUT2D eigenvalue weighted by atomic mass is 35.5. The molecule has 0 radical (unpaired) electrons. The summed E-state index contributed by atoms with van der Waals surface area (Å²) in [6, 6.07) is 8.40. The molecule has 0 unspecified atom stereocenters. The van der Waals surface area contributed by atoms with Crippen LogP contribution >= 0.6 is 23.2 Å². The molecule has 1 aromatic carbocycles. The van der Waals surface area contributed by atoms with Crippen molar-refractivity contribution in [2.24, 2.45) is 5.41 Å². The Labute approximate surface area is 124 Å². The second-order valence-corrected chi connectivity index (χ2v) is 6.46. The number of rotatable bonds is 2. The fourth-order valence-electron chi connectivity index (χ4n) is 2.54. The Hall–Kier alpha value is -0.750. The monoisotopic (exact) mass is 296 g/mol. The van der Waals surface area contributed by atoms with E-state index in [-0.39, 0.29) is 11.5 Å². The highest BCUT2D eigenvalue weighted by Gasteiger charge is 2.31. The summed E-state index contributed by atoms with van der Waals surface area (Å²) in [4.78, 5) is 2.39. The minimum atomic E-state index is -0.164. The van der Waals surface area contributed by atoms with E-state index in [0.717, 1.165) is 31.5 Å². The number of hydrogen-bond acceptors (Lipinski definition) is 2. The summed E-state index contributed by atoms with van der Waals surface area (Å²) in [5.41, 5.74) is 0.973. The summed E-state index contributed by atoms with van der Waals surface area (Å²) in [7, 11) is 0. The molecule has 1 saturated heterocycles. The van der Waals surface area contributed by atoms with E-state index in [1.165, 1.54) is 0 Å². The van der Waals surface area contributed by atoms with E-state index in [4.69, 9.17) is 28.5 Å². The molecule has 0 N–H and O–H groups in total. The first-order valence-electron chi connectivity index (χ1n) is 6.55. The molecule has 2 nitrogen and oxygen atoms in total. The van der Waals surface area contributed by atoms with Crippen LogP contribution in [-0.2, 0) is 0 Å². The highest BCUT2D eigenvalue weighted by molar-refractivity contribution is 6.34. The smallest absolute Gasteiger partial charge is 0.0687 e. The largest absolute Gasteiger partial charge is 0.296 e. The van der Waals surface area contributed by atoms with Crippen LogP contribution in [0.15, 0.2) is 18.2 Å². The molecule has 102 valence electrons. The van der Waals surface area contributed by atoms with Gasteiger partial charge in [-0.2, -0.15) is 5.26 Å². The molecule has 4 heteroatoms. The van der Waals surface area contributed by atoms with Gasteiger partial charge in [-0.3, -0.25) is 4.90 Å². The lowest BCUT2D eigenvalue weighted by Gasteiger charge is -2.38. The molecule has 1 aromatic rings. The Kier molecular flexibility index (Phi) is 4.40. The van der Waals surface area contributed by atoms with Crippen molar-refractivity contribution in [3.05, 3.63) is 33.8 Å². The Morgan fingerprint density at radius 3 is 2.21 bits per heavy atom. The molecule has 0 aromatic heterocycles. The molecule has 0 spiro atoms. The van der Waals surface area contributed by atoms with Crippen LogP contribution in [0.2, 0.25) is 10.0 Å². The molecule has 19 heavy (non-hydrogen) atoms. The number of halogens is 2. The second kappa shape index (κ2) is 5.71. The van der Waals surface area contributed by atoms with Crippen molar-refractivity contribution < 1.29 is 0 Å². The molecule has 0 saturated carbocycles. The van der Waals surface area contributed by atoms with Crippen LogP contribution < -0.4 is 0 Å². The molecule has 0 bridgehead atoms. The molecule has 1 heterocycles. The first-order valence-corrected chi connectivity index (χ1v) is 7.30. The van der Waals surface area contributed by atoms with Gasteiger partial charge in [0, 0.05) is 29.2 Å². The first kappa shape index (κ1) is 14.7. The van der Waals surface area contributed by atoms with Crippen molar-refractivity contribution in [1.82, 2.24) is 4.90 Å². The SMILES string of the molecule is C[C@H](c1cc(Cl)cc(Cl)c1)N1CCC(C)(C#N)CC1. The number of piperidine rings is 1. The molecule has 1 aliphatic rings. The third kappa shape index (κ3) is 3.42. The van der Waals surface area contributed by atoms with E-state index in [1.54, 1.807) is 6.07 Å². The summed E-state index contributed by atoms with van der Waals surface area (Å²) < 4.78 is 0. The normalized spacial score (nSPS) is 20.8. The van der Waals surface area contributed by atoms with Gasteiger partial charge >= 0.3 is 0 Å². The van der Waals surface area contributed by atoms with Crippen molar-refractivity contribution in [2.45, 2.75) is 32.7 Å². The maximum absolute atomic E-state index is 9.16. The number of nitriles is 1. The lowest BCUT2D eigenvalue weighted by Crippen LogP contribution is -2.39. The van der Waals surface area contributed by atoms with Gasteiger partial charge in [0.15, 0.2) is 0 Å². The van der Waals surface area contributed by atoms with Gasteiger partial charge in [-0.25, -0.2) is 0 Å². The Balaban J connectivity index is 2.09. The van der Waals surface area contributed by atoms with Crippen LogP contribution in [0.25, 0.3) is 0 Å². The van der Waals surface area contributed by atoms with E-state index in [2.05, 4.69) is 17.9 Å². The molecule has 1 aliphatic heterocycles. The van der Waals surface area contributed by atoms with Crippen LogP contribution in [0.4, 0.5) is 0 Å². The minimum Gasteiger partial charge on any atom is -0.296 e. The minimum absolute atomic E-state index is 0.164. The zero-order chi connectivity index (χ0) is 14.0. The summed E-state index contributed by atoms with van der Waals surface area (Å²) >= 11 is 12.1. The predicted octanol–water partition coefficient (Wildman–Crippen LogP) is 4.68. The summed E-state index contributed by atoms with van der Waals surface area (Å²) in [5.74, 6) is 0. The van der Waals surface area contributed by atoms with E-state index in [9.17, 15) is 0 Å². The van der Waals surface area contributed by atoms with Gasteiger partial charge in [0.05, 0.1) is 11.5 Å². The first-order chi connectivity index (χ1) is 8.93. The maximum atomic E-state index is 9.16. The standard InChI is InChI=1S/C15H18Cl2N2/c1-11(12-7-13(16)9-14(17)8-12)19-5-3-15(2,10-18)4-6-19/h7-9,11H,3-6H2,1-2H3/t11-/m1/s1. The lowest BCUT2D eigenvalue weighted by atomic mass is 9.81. The fraction of sp³-hybridized carbons (Fsp3) is 0.533. The van der Waals surface area contributed by atoms with E-state index in [1.807, 2.05) is 19.1 Å². The van der Waals surface area contributed by atoms with Crippen LogP contribution in [0, 0.1) is 16.7 Å². The zero-order valence-electron chi connectivity index (χ0n) is 11.3. The maximum Gasteiger partial charge on any atom is 0.0687 e. The average molecular weight is 297 g/mol. The van der Waals surface area contributed by atoms with E-state index in [0.29, 0.717) is 10.0 Å². The second-order valence-electron chi connectivity index (χ2n) is 5.59. The number of likely N-dealkylation sites (tertiary alicyclic amines) is 1.